The van der Waals surface area contributed by atoms with Crippen molar-refractivity contribution in [2.24, 2.45) is 11.8 Å². The summed E-state index contributed by atoms with van der Waals surface area (Å²) < 4.78 is 15.0. The van der Waals surface area contributed by atoms with Crippen LogP contribution in [0, 0.1) is 11.8 Å². The van der Waals surface area contributed by atoms with E-state index in [0.29, 0.717) is 18.6 Å². The quantitative estimate of drug-likeness (QED) is 0.700. The van der Waals surface area contributed by atoms with Crippen LogP contribution >= 0.6 is 0 Å². The predicted octanol–water partition coefficient (Wildman–Crippen LogP) is 2.79. The van der Waals surface area contributed by atoms with Crippen molar-refractivity contribution in [3.63, 3.8) is 0 Å². The Morgan fingerprint density at radius 2 is 1.48 bits per heavy atom. The zero-order chi connectivity index (χ0) is 19.4. The lowest BCUT2D eigenvalue weighted by molar-refractivity contribution is 0.00989. The first-order chi connectivity index (χ1) is 12.9. The molecule has 2 unspecified atom stereocenters. The first kappa shape index (κ1) is 21.5. The van der Waals surface area contributed by atoms with Crippen molar-refractivity contribution in [3.8, 4) is 0 Å². The lowest BCUT2D eigenvalue weighted by Gasteiger charge is -2.44. The highest BCUT2D eigenvalue weighted by molar-refractivity contribution is 4.89. The Balaban J connectivity index is 1.38. The molecule has 2 atom stereocenters. The Bertz CT molecular complexity index is 428. The van der Waals surface area contributed by atoms with Crippen LogP contribution in [0.25, 0.3) is 0 Å². The van der Waals surface area contributed by atoms with Crippen LogP contribution < -0.4 is 0 Å². The van der Waals surface area contributed by atoms with Gasteiger partial charge in [-0.3, -0.25) is 9.80 Å². The normalized spacial score (nSPS) is 31.2. The third kappa shape index (κ3) is 6.12. The molecule has 0 aliphatic carbocycles. The van der Waals surface area contributed by atoms with Crippen LogP contribution in [0.4, 0.5) is 4.39 Å². The summed E-state index contributed by atoms with van der Waals surface area (Å²) in [7, 11) is 0. The average Bonchev–Trinajstić information content (AvgIpc) is 2.64. The van der Waals surface area contributed by atoms with Gasteiger partial charge in [-0.05, 0) is 58.7 Å². The highest BCUT2D eigenvalue weighted by atomic mass is 19.1. The van der Waals surface area contributed by atoms with E-state index < -0.39 is 6.17 Å². The summed E-state index contributed by atoms with van der Waals surface area (Å²) in [6, 6.07) is 1.25. The number of alkyl halides is 1. The maximum absolute atomic E-state index is 15.0. The Kier molecular flexibility index (Phi) is 7.95. The number of rotatable bonds is 6. The van der Waals surface area contributed by atoms with Crippen molar-refractivity contribution in [2.45, 2.75) is 65.2 Å². The molecule has 0 N–H and O–H groups in total. The van der Waals surface area contributed by atoms with Gasteiger partial charge in [0.2, 0.25) is 0 Å². The van der Waals surface area contributed by atoms with Gasteiger partial charge in [-0.1, -0.05) is 13.8 Å². The number of hydrogen-bond acceptors (Lipinski definition) is 4. The van der Waals surface area contributed by atoms with Gasteiger partial charge in [0, 0.05) is 63.8 Å². The van der Waals surface area contributed by atoms with E-state index in [4.69, 9.17) is 0 Å². The molecule has 158 valence electrons. The van der Waals surface area contributed by atoms with Crippen molar-refractivity contribution in [2.75, 3.05) is 65.4 Å². The van der Waals surface area contributed by atoms with Crippen molar-refractivity contribution in [1.82, 2.24) is 19.6 Å². The maximum atomic E-state index is 15.0. The molecule has 3 saturated heterocycles. The Morgan fingerprint density at radius 3 is 2.04 bits per heavy atom. The number of piperidine rings is 2. The molecule has 3 rings (SSSR count). The molecule has 27 heavy (non-hydrogen) atoms. The van der Waals surface area contributed by atoms with Gasteiger partial charge >= 0.3 is 0 Å². The molecule has 3 aliphatic rings. The molecule has 3 heterocycles. The smallest absolute Gasteiger partial charge is 0.117 e. The van der Waals surface area contributed by atoms with E-state index in [9.17, 15) is 4.39 Å². The van der Waals surface area contributed by atoms with Gasteiger partial charge in [-0.25, -0.2) is 4.39 Å². The van der Waals surface area contributed by atoms with Crippen LogP contribution in [0.5, 0.6) is 0 Å². The molecule has 3 fully saturated rings. The van der Waals surface area contributed by atoms with Crippen LogP contribution in [0.3, 0.4) is 0 Å². The second-order valence-electron chi connectivity index (χ2n) is 9.92. The summed E-state index contributed by atoms with van der Waals surface area (Å²) >= 11 is 0. The van der Waals surface area contributed by atoms with Gasteiger partial charge in [0.05, 0.1) is 0 Å². The highest BCUT2D eigenvalue weighted by Gasteiger charge is 2.35. The van der Waals surface area contributed by atoms with Crippen LogP contribution in [-0.2, 0) is 0 Å². The van der Waals surface area contributed by atoms with Crippen molar-refractivity contribution in [1.29, 1.82) is 0 Å². The second kappa shape index (κ2) is 10.00. The zero-order valence-electron chi connectivity index (χ0n) is 18.2. The molecular formula is C22H43FN4. The standard InChI is InChI=1S/C22H43FN4/c1-18(2)15-24-8-6-21(7-9-24)27-10-5-20(22(23)17-27)16-25-11-13-26(14-12-25)19(3)4/h18-22H,5-17H2,1-4H3. The minimum absolute atomic E-state index is 0.243. The van der Waals surface area contributed by atoms with Crippen LogP contribution in [0.1, 0.15) is 47.0 Å². The van der Waals surface area contributed by atoms with E-state index in [1.165, 1.54) is 32.5 Å². The monoisotopic (exact) mass is 382 g/mol. The summed E-state index contributed by atoms with van der Waals surface area (Å²) in [6.45, 7) is 20.0. The van der Waals surface area contributed by atoms with Crippen LogP contribution in [-0.4, -0.2) is 103 Å². The minimum atomic E-state index is -0.643. The molecule has 0 spiro atoms. The largest absolute Gasteiger partial charge is 0.303 e. The Labute approximate surface area is 167 Å². The van der Waals surface area contributed by atoms with Crippen molar-refractivity contribution in [3.05, 3.63) is 0 Å². The van der Waals surface area contributed by atoms with E-state index in [1.54, 1.807) is 0 Å². The summed E-state index contributed by atoms with van der Waals surface area (Å²) in [6.07, 6.45) is 2.84. The van der Waals surface area contributed by atoms with Crippen molar-refractivity contribution < 1.29 is 4.39 Å². The van der Waals surface area contributed by atoms with Gasteiger partial charge in [0.25, 0.3) is 0 Å². The number of halogens is 1. The lowest BCUT2D eigenvalue weighted by atomic mass is 9.91. The summed E-state index contributed by atoms with van der Waals surface area (Å²) in [5.41, 5.74) is 0. The number of likely N-dealkylation sites (tertiary alicyclic amines) is 2. The molecular weight excluding hydrogens is 339 g/mol. The number of hydrogen-bond donors (Lipinski definition) is 0. The van der Waals surface area contributed by atoms with E-state index in [1.807, 2.05) is 0 Å². The summed E-state index contributed by atoms with van der Waals surface area (Å²) in [5.74, 6) is 0.989. The van der Waals surface area contributed by atoms with Gasteiger partial charge in [0.1, 0.15) is 6.17 Å². The summed E-state index contributed by atoms with van der Waals surface area (Å²) in [4.78, 5) is 10.1. The topological polar surface area (TPSA) is 13.0 Å². The summed E-state index contributed by atoms with van der Waals surface area (Å²) in [5, 5.41) is 0. The zero-order valence-corrected chi connectivity index (χ0v) is 18.2. The Hall–Kier alpha value is -0.230. The van der Waals surface area contributed by atoms with Gasteiger partial charge in [-0.2, -0.15) is 0 Å². The number of piperazine rings is 1. The van der Waals surface area contributed by atoms with Gasteiger partial charge < -0.3 is 9.80 Å². The predicted molar refractivity (Wildman–Crippen MR) is 112 cm³/mol. The lowest BCUT2D eigenvalue weighted by Crippen LogP contribution is -2.54. The maximum Gasteiger partial charge on any atom is 0.117 e. The molecule has 0 aromatic rings. The van der Waals surface area contributed by atoms with Gasteiger partial charge in [0.15, 0.2) is 0 Å². The molecule has 0 aromatic carbocycles. The van der Waals surface area contributed by atoms with E-state index in [-0.39, 0.29) is 5.92 Å². The van der Waals surface area contributed by atoms with Crippen LogP contribution in [0.15, 0.2) is 0 Å². The number of nitrogens with zero attached hydrogens (tertiary/aromatic N) is 4. The van der Waals surface area contributed by atoms with Gasteiger partial charge in [-0.15, -0.1) is 0 Å². The van der Waals surface area contributed by atoms with Crippen LogP contribution in [0.2, 0.25) is 0 Å². The molecule has 5 heteroatoms. The Morgan fingerprint density at radius 1 is 0.815 bits per heavy atom. The molecule has 3 aliphatic heterocycles. The van der Waals surface area contributed by atoms with E-state index >= 15 is 0 Å². The fourth-order valence-corrected chi connectivity index (χ4v) is 5.29. The first-order valence-electron chi connectivity index (χ1n) is 11.5. The van der Waals surface area contributed by atoms with E-state index in [0.717, 1.165) is 51.6 Å². The van der Waals surface area contributed by atoms with Crippen molar-refractivity contribution >= 4 is 0 Å². The SMILES string of the molecule is CC(C)CN1CCC(N2CCC(CN3CCN(C(C)C)CC3)C(F)C2)CC1. The molecule has 4 nitrogen and oxygen atoms in total. The molecule has 0 saturated carbocycles. The molecule has 0 radical (unpaired) electrons. The molecule has 0 aromatic heterocycles. The molecule has 0 amide bonds. The van der Waals surface area contributed by atoms with E-state index in [2.05, 4.69) is 47.3 Å². The second-order valence-corrected chi connectivity index (χ2v) is 9.92. The highest BCUT2D eigenvalue weighted by Crippen LogP contribution is 2.27. The average molecular weight is 383 g/mol. The first-order valence-corrected chi connectivity index (χ1v) is 11.5. The fraction of sp³-hybridized carbons (Fsp3) is 1.00. The minimum Gasteiger partial charge on any atom is -0.303 e. The fourth-order valence-electron chi connectivity index (χ4n) is 5.29. The third-order valence-corrected chi connectivity index (χ3v) is 7.03. The molecule has 0 bridgehead atoms. The third-order valence-electron chi connectivity index (χ3n) is 7.03.